The Morgan fingerprint density at radius 3 is 2.68 bits per heavy atom. The van der Waals surface area contributed by atoms with Crippen LogP contribution < -0.4 is 25.4 Å². The van der Waals surface area contributed by atoms with E-state index in [1.54, 1.807) is 37.4 Å². The normalized spacial score (nSPS) is 24.3. The van der Waals surface area contributed by atoms with Gasteiger partial charge in [-0.3, -0.25) is 14.9 Å². The lowest BCUT2D eigenvalue weighted by Crippen LogP contribution is -2.52. The van der Waals surface area contributed by atoms with Crippen LogP contribution in [0.3, 0.4) is 0 Å². The second kappa shape index (κ2) is 8.05. The molecular formula is C23H26ClN3O4. The van der Waals surface area contributed by atoms with Gasteiger partial charge in [-0.2, -0.15) is 0 Å². The molecule has 2 heterocycles. The smallest absolute Gasteiger partial charge is 0.250 e. The molecule has 2 aromatic carbocycles. The molecule has 4 rings (SSSR count). The van der Waals surface area contributed by atoms with Gasteiger partial charge in [0, 0.05) is 17.7 Å². The Kier molecular flexibility index (Phi) is 5.58. The topological polar surface area (TPSA) is 88.7 Å². The molecule has 164 valence electrons. The summed E-state index contributed by atoms with van der Waals surface area (Å²) >= 11 is 6.35. The van der Waals surface area contributed by atoms with Crippen molar-refractivity contribution in [3.63, 3.8) is 0 Å². The summed E-state index contributed by atoms with van der Waals surface area (Å²) in [5.41, 5.74) is 0.555. The number of methoxy groups -OCH3 is 2. The third-order valence-corrected chi connectivity index (χ3v) is 6.56. The largest absolute Gasteiger partial charge is 0.497 e. The van der Waals surface area contributed by atoms with Gasteiger partial charge in [0.05, 0.1) is 36.5 Å². The van der Waals surface area contributed by atoms with Crippen molar-refractivity contribution in [1.82, 2.24) is 5.32 Å². The number of para-hydroxylation sites is 1. The van der Waals surface area contributed by atoms with Crippen LogP contribution in [0, 0.1) is 11.8 Å². The molecule has 7 nitrogen and oxygen atoms in total. The summed E-state index contributed by atoms with van der Waals surface area (Å²) in [5.74, 6) is 0.148. The zero-order chi connectivity index (χ0) is 22.3. The molecular weight excluding hydrogens is 418 g/mol. The molecule has 0 aliphatic carbocycles. The number of carbonyl (C=O) groups is 2. The highest BCUT2D eigenvalue weighted by Gasteiger charge is 2.60. The predicted molar refractivity (Wildman–Crippen MR) is 120 cm³/mol. The van der Waals surface area contributed by atoms with Gasteiger partial charge in [0.25, 0.3) is 0 Å². The number of halogens is 1. The molecule has 1 saturated heterocycles. The lowest BCUT2D eigenvalue weighted by molar-refractivity contribution is -0.130. The maximum atomic E-state index is 13.6. The Hall–Kier alpha value is -2.77. The summed E-state index contributed by atoms with van der Waals surface area (Å²) in [7, 11) is 3.09. The van der Waals surface area contributed by atoms with Crippen molar-refractivity contribution >= 4 is 34.8 Å². The zero-order valence-corrected chi connectivity index (χ0v) is 18.7. The molecule has 2 aliphatic heterocycles. The average molecular weight is 444 g/mol. The Morgan fingerprint density at radius 1 is 1.23 bits per heavy atom. The number of fused-ring (bicyclic) bond motifs is 2. The van der Waals surface area contributed by atoms with E-state index in [-0.39, 0.29) is 23.8 Å². The van der Waals surface area contributed by atoms with Crippen molar-refractivity contribution in [2.24, 2.45) is 11.8 Å². The monoisotopic (exact) mass is 443 g/mol. The number of ether oxygens (including phenoxy) is 2. The Morgan fingerprint density at radius 2 is 2.00 bits per heavy atom. The first-order chi connectivity index (χ1) is 14.8. The second-order valence-corrected chi connectivity index (χ2v) is 8.67. The van der Waals surface area contributed by atoms with Crippen molar-refractivity contribution in [1.29, 1.82) is 0 Å². The SMILES string of the molecule is COc1ccc(OC)c(NC(=O)[C@@H]2C[C@@H](C(C)C)N[C@]23C(=O)Nc2c(Cl)cccc23)c1. The number of amides is 2. The van der Waals surface area contributed by atoms with E-state index in [2.05, 4.69) is 29.8 Å². The van der Waals surface area contributed by atoms with Gasteiger partial charge in [-0.25, -0.2) is 0 Å². The van der Waals surface area contributed by atoms with Crippen molar-refractivity contribution in [2.75, 3.05) is 24.9 Å². The van der Waals surface area contributed by atoms with E-state index < -0.39 is 11.5 Å². The predicted octanol–water partition coefficient (Wildman–Crippen LogP) is 3.78. The highest BCUT2D eigenvalue weighted by molar-refractivity contribution is 6.35. The number of anilines is 2. The van der Waals surface area contributed by atoms with E-state index in [1.165, 1.54) is 7.11 Å². The van der Waals surface area contributed by atoms with Crippen LogP contribution in [0.5, 0.6) is 11.5 Å². The van der Waals surface area contributed by atoms with Crippen LogP contribution in [0.4, 0.5) is 11.4 Å². The van der Waals surface area contributed by atoms with Gasteiger partial charge >= 0.3 is 0 Å². The quantitative estimate of drug-likeness (QED) is 0.654. The maximum Gasteiger partial charge on any atom is 0.250 e. The van der Waals surface area contributed by atoms with Gasteiger partial charge < -0.3 is 20.1 Å². The summed E-state index contributed by atoms with van der Waals surface area (Å²) in [6.07, 6.45) is 0.509. The summed E-state index contributed by atoms with van der Waals surface area (Å²) in [4.78, 5) is 26.9. The average Bonchev–Trinajstić information content (AvgIpc) is 3.29. The van der Waals surface area contributed by atoms with Gasteiger partial charge in [0.1, 0.15) is 17.0 Å². The highest BCUT2D eigenvalue weighted by atomic mass is 35.5. The van der Waals surface area contributed by atoms with Gasteiger partial charge in [-0.1, -0.05) is 37.6 Å². The van der Waals surface area contributed by atoms with E-state index in [1.807, 2.05) is 6.07 Å². The van der Waals surface area contributed by atoms with Crippen molar-refractivity contribution in [2.45, 2.75) is 31.8 Å². The van der Waals surface area contributed by atoms with E-state index in [0.29, 0.717) is 39.9 Å². The zero-order valence-electron chi connectivity index (χ0n) is 17.9. The van der Waals surface area contributed by atoms with Crippen LogP contribution in [-0.2, 0) is 15.1 Å². The Bertz CT molecular complexity index is 1040. The summed E-state index contributed by atoms with van der Waals surface area (Å²) in [6, 6.07) is 10.5. The fourth-order valence-electron chi connectivity index (χ4n) is 4.56. The first kappa shape index (κ1) is 21.5. The first-order valence-electron chi connectivity index (χ1n) is 10.2. The molecule has 31 heavy (non-hydrogen) atoms. The summed E-state index contributed by atoms with van der Waals surface area (Å²) in [6.45, 7) is 4.14. The van der Waals surface area contributed by atoms with Crippen LogP contribution in [-0.4, -0.2) is 32.1 Å². The lowest BCUT2D eigenvalue weighted by atomic mass is 9.79. The van der Waals surface area contributed by atoms with Gasteiger partial charge in [0.2, 0.25) is 11.8 Å². The molecule has 0 bridgehead atoms. The number of nitrogens with one attached hydrogen (secondary N) is 3. The van der Waals surface area contributed by atoms with Gasteiger partial charge in [-0.05, 0) is 30.5 Å². The third kappa shape index (κ3) is 3.42. The number of hydrogen-bond acceptors (Lipinski definition) is 5. The lowest BCUT2D eigenvalue weighted by Gasteiger charge is -2.29. The van der Waals surface area contributed by atoms with Crippen LogP contribution in [0.15, 0.2) is 36.4 Å². The summed E-state index contributed by atoms with van der Waals surface area (Å²) < 4.78 is 10.7. The summed E-state index contributed by atoms with van der Waals surface area (Å²) in [5, 5.41) is 9.78. The number of rotatable bonds is 5. The number of hydrogen-bond donors (Lipinski definition) is 3. The Balaban J connectivity index is 1.76. The molecule has 0 saturated carbocycles. The van der Waals surface area contributed by atoms with E-state index in [0.717, 1.165) is 0 Å². The standard InChI is InChI=1S/C23H26ClN3O4/c1-12(2)17-11-15(21(28)25-18-10-13(30-3)8-9-19(18)31-4)23(27-17)14-6-5-7-16(24)20(14)26-22(23)29/h5-10,12,15,17,27H,11H2,1-4H3,(H,25,28)(H,26,29)/t15-,17-,23-/m0/s1. The van der Waals surface area contributed by atoms with Crippen molar-refractivity contribution < 1.29 is 19.1 Å². The van der Waals surface area contributed by atoms with Crippen LogP contribution >= 0.6 is 11.6 Å². The molecule has 2 aliphatic rings. The molecule has 0 aromatic heterocycles. The molecule has 0 radical (unpaired) electrons. The number of carbonyl (C=O) groups excluding carboxylic acids is 2. The molecule has 1 fully saturated rings. The molecule has 3 N–H and O–H groups in total. The van der Waals surface area contributed by atoms with E-state index in [9.17, 15) is 9.59 Å². The van der Waals surface area contributed by atoms with Crippen molar-refractivity contribution in [3.8, 4) is 11.5 Å². The fraction of sp³-hybridized carbons (Fsp3) is 0.391. The van der Waals surface area contributed by atoms with Gasteiger partial charge in [-0.15, -0.1) is 0 Å². The van der Waals surface area contributed by atoms with E-state index >= 15 is 0 Å². The molecule has 3 atom stereocenters. The van der Waals surface area contributed by atoms with Crippen LogP contribution in [0.25, 0.3) is 0 Å². The molecule has 8 heteroatoms. The third-order valence-electron chi connectivity index (χ3n) is 6.25. The van der Waals surface area contributed by atoms with Crippen molar-refractivity contribution in [3.05, 3.63) is 47.0 Å². The van der Waals surface area contributed by atoms with Crippen LogP contribution in [0.1, 0.15) is 25.8 Å². The minimum Gasteiger partial charge on any atom is -0.497 e. The molecule has 2 aromatic rings. The first-order valence-corrected chi connectivity index (χ1v) is 10.6. The molecule has 1 spiro atoms. The second-order valence-electron chi connectivity index (χ2n) is 8.26. The highest BCUT2D eigenvalue weighted by Crippen LogP contribution is 2.50. The maximum absolute atomic E-state index is 13.6. The van der Waals surface area contributed by atoms with E-state index in [4.69, 9.17) is 21.1 Å². The molecule has 0 unspecified atom stereocenters. The number of benzene rings is 2. The van der Waals surface area contributed by atoms with Crippen LogP contribution in [0.2, 0.25) is 5.02 Å². The van der Waals surface area contributed by atoms with Gasteiger partial charge in [0.15, 0.2) is 0 Å². The fourth-order valence-corrected chi connectivity index (χ4v) is 4.78. The minimum atomic E-state index is -1.19. The molecule has 2 amide bonds. The minimum absolute atomic E-state index is 0.0152. The Labute approximate surface area is 186 Å².